The van der Waals surface area contributed by atoms with Crippen molar-refractivity contribution in [2.45, 2.75) is 32.2 Å². The van der Waals surface area contributed by atoms with Gasteiger partial charge in [0.25, 0.3) is 0 Å². The van der Waals surface area contributed by atoms with Gasteiger partial charge in [-0.2, -0.15) is 11.8 Å². The van der Waals surface area contributed by atoms with Gasteiger partial charge in [-0.1, -0.05) is 0 Å². The fourth-order valence-corrected chi connectivity index (χ4v) is 1.78. The fourth-order valence-electron chi connectivity index (χ4n) is 1.20. The zero-order chi connectivity index (χ0) is 10.1. The maximum absolute atomic E-state index is 8.64. The van der Waals surface area contributed by atoms with Gasteiger partial charge in [-0.3, -0.25) is 0 Å². The first kappa shape index (κ1) is 13.3. The maximum Gasteiger partial charge on any atom is 0.0431 e. The summed E-state index contributed by atoms with van der Waals surface area (Å²) in [5, 5.41) is 8.64. The Hall–Kier alpha value is 0.270. The summed E-state index contributed by atoms with van der Waals surface area (Å²) in [4.78, 5) is 2.38. The second-order valence-electron chi connectivity index (χ2n) is 3.54. The minimum Gasteiger partial charge on any atom is -0.396 e. The van der Waals surface area contributed by atoms with Crippen LogP contribution in [0.2, 0.25) is 0 Å². The van der Waals surface area contributed by atoms with Gasteiger partial charge >= 0.3 is 0 Å². The smallest absolute Gasteiger partial charge is 0.0431 e. The van der Waals surface area contributed by atoms with Gasteiger partial charge in [0.2, 0.25) is 0 Å². The number of thioether (sulfide) groups is 1. The van der Waals surface area contributed by atoms with E-state index in [-0.39, 0.29) is 0 Å². The number of unbranched alkanes of at least 4 members (excludes halogenated alkanes) is 1. The molecule has 0 heterocycles. The van der Waals surface area contributed by atoms with Crippen LogP contribution in [-0.4, -0.2) is 48.3 Å². The third-order valence-corrected chi connectivity index (χ3v) is 3.06. The third kappa shape index (κ3) is 7.35. The maximum atomic E-state index is 8.64. The Morgan fingerprint density at radius 1 is 1.38 bits per heavy atom. The summed E-state index contributed by atoms with van der Waals surface area (Å²) in [5.74, 6) is 1.24. The van der Waals surface area contributed by atoms with Gasteiger partial charge in [0, 0.05) is 12.6 Å². The topological polar surface area (TPSA) is 23.5 Å². The summed E-state index contributed by atoms with van der Waals surface area (Å²) in [6.45, 7) is 3.71. The highest BCUT2D eigenvalue weighted by molar-refractivity contribution is 7.98. The molecule has 0 aliphatic rings. The Labute approximate surface area is 86.7 Å². The summed E-state index contributed by atoms with van der Waals surface area (Å²) in [7, 11) is 2.17. The molecule has 0 fully saturated rings. The summed E-state index contributed by atoms with van der Waals surface area (Å²) in [6.07, 6.45) is 5.45. The van der Waals surface area contributed by atoms with Gasteiger partial charge in [0.15, 0.2) is 0 Å². The van der Waals surface area contributed by atoms with E-state index in [4.69, 9.17) is 5.11 Å². The molecule has 0 bridgehead atoms. The Kier molecular flexibility index (Phi) is 9.03. The first-order valence-corrected chi connectivity index (χ1v) is 6.41. The molecule has 1 N–H and O–H groups in total. The zero-order valence-electron chi connectivity index (χ0n) is 9.12. The van der Waals surface area contributed by atoms with Crippen molar-refractivity contribution in [3.63, 3.8) is 0 Å². The standard InChI is InChI=1S/C10H23NOS/c1-10(6-9-13-3)11(2)7-4-5-8-12/h10,12H,4-9H2,1-3H3. The SMILES string of the molecule is CSCCC(C)N(C)CCCCO. The van der Waals surface area contributed by atoms with Gasteiger partial charge in [-0.25, -0.2) is 0 Å². The van der Waals surface area contributed by atoms with Gasteiger partial charge < -0.3 is 10.0 Å². The first-order valence-electron chi connectivity index (χ1n) is 5.02. The molecule has 1 unspecified atom stereocenters. The normalized spacial score (nSPS) is 13.6. The molecule has 0 saturated carbocycles. The number of aliphatic hydroxyl groups excluding tert-OH is 1. The Morgan fingerprint density at radius 3 is 2.62 bits per heavy atom. The summed E-state index contributed by atoms with van der Waals surface area (Å²) < 4.78 is 0. The molecular weight excluding hydrogens is 182 g/mol. The zero-order valence-corrected chi connectivity index (χ0v) is 9.94. The highest BCUT2D eigenvalue weighted by Gasteiger charge is 2.07. The monoisotopic (exact) mass is 205 g/mol. The number of hydrogen-bond donors (Lipinski definition) is 1. The van der Waals surface area contributed by atoms with Crippen LogP contribution in [0.1, 0.15) is 26.2 Å². The largest absolute Gasteiger partial charge is 0.396 e. The van der Waals surface area contributed by atoms with Crippen LogP contribution in [0.3, 0.4) is 0 Å². The Bertz CT molecular complexity index is 111. The van der Waals surface area contributed by atoms with Crippen LogP contribution in [-0.2, 0) is 0 Å². The van der Waals surface area contributed by atoms with Crippen molar-refractivity contribution >= 4 is 11.8 Å². The molecule has 0 rings (SSSR count). The molecule has 80 valence electrons. The molecule has 0 aliphatic heterocycles. The number of rotatable bonds is 8. The van der Waals surface area contributed by atoms with E-state index in [0.29, 0.717) is 12.6 Å². The molecular formula is C10H23NOS. The lowest BCUT2D eigenvalue weighted by Crippen LogP contribution is -2.30. The minimum atomic E-state index is 0.326. The van der Waals surface area contributed by atoms with E-state index in [1.165, 1.54) is 12.2 Å². The predicted molar refractivity (Wildman–Crippen MR) is 61.4 cm³/mol. The predicted octanol–water partition coefficient (Wildman–Crippen LogP) is 1.83. The van der Waals surface area contributed by atoms with E-state index in [0.717, 1.165) is 19.4 Å². The quantitative estimate of drug-likeness (QED) is 0.612. The van der Waals surface area contributed by atoms with Crippen LogP contribution in [0, 0.1) is 0 Å². The van der Waals surface area contributed by atoms with Crippen molar-refractivity contribution in [1.82, 2.24) is 4.90 Å². The lowest BCUT2D eigenvalue weighted by atomic mass is 10.2. The highest BCUT2D eigenvalue weighted by Crippen LogP contribution is 2.06. The second-order valence-corrected chi connectivity index (χ2v) is 4.53. The highest BCUT2D eigenvalue weighted by atomic mass is 32.2. The van der Waals surface area contributed by atoms with Crippen LogP contribution < -0.4 is 0 Å². The molecule has 1 atom stereocenters. The Balaban J connectivity index is 3.38. The van der Waals surface area contributed by atoms with Crippen LogP contribution in [0.4, 0.5) is 0 Å². The molecule has 0 aromatic carbocycles. The Morgan fingerprint density at radius 2 is 2.08 bits per heavy atom. The van der Waals surface area contributed by atoms with Gasteiger partial charge in [-0.05, 0) is 51.8 Å². The van der Waals surface area contributed by atoms with Crippen molar-refractivity contribution in [2.75, 3.05) is 32.2 Å². The molecule has 13 heavy (non-hydrogen) atoms. The van der Waals surface area contributed by atoms with Gasteiger partial charge in [-0.15, -0.1) is 0 Å². The van der Waals surface area contributed by atoms with E-state index in [1.54, 1.807) is 0 Å². The summed E-state index contributed by atoms with van der Waals surface area (Å²) >= 11 is 1.91. The molecule has 0 radical (unpaired) electrons. The summed E-state index contributed by atoms with van der Waals surface area (Å²) in [5.41, 5.74) is 0. The van der Waals surface area contributed by atoms with Crippen molar-refractivity contribution in [3.8, 4) is 0 Å². The van der Waals surface area contributed by atoms with Crippen molar-refractivity contribution in [3.05, 3.63) is 0 Å². The molecule has 3 heteroatoms. The molecule has 0 aromatic heterocycles. The minimum absolute atomic E-state index is 0.326. The lowest BCUT2D eigenvalue weighted by molar-refractivity contribution is 0.229. The first-order chi connectivity index (χ1) is 6.22. The second kappa shape index (κ2) is 8.85. The van der Waals surface area contributed by atoms with Crippen molar-refractivity contribution in [2.24, 2.45) is 0 Å². The molecule has 0 aromatic rings. The van der Waals surface area contributed by atoms with Crippen molar-refractivity contribution < 1.29 is 5.11 Å². The van der Waals surface area contributed by atoms with E-state index in [2.05, 4.69) is 25.1 Å². The fraction of sp³-hybridized carbons (Fsp3) is 1.00. The van der Waals surface area contributed by atoms with Gasteiger partial charge in [0.1, 0.15) is 0 Å². The molecule has 0 aliphatic carbocycles. The third-order valence-electron chi connectivity index (χ3n) is 2.41. The molecule has 0 saturated heterocycles. The van der Waals surface area contributed by atoms with E-state index in [1.807, 2.05) is 11.8 Å². The van der Waals surface area contributed by atoms with Crippen LogP contribution >= 0.6 is 11.8 Å². The summed E-state index contributed by atoms with van der Waals surface area (Å²) in [6, 6.07) is 0.672. The number of aliphatic hydroxyl groups is 1. The average Bonchev–Trinajstić information content (AvgIpc) is 2.14. The van der Waals surface area contributed by atoms with E-state index < -0.39 is 0 Å². The van der Waals surface area contributed by atoms with E-state index in [9.17, 15) is 0 Å². The van der Waals surface area contributed by atoms with Crippen LogP contribution in [0.5, 0.6) is 0 Å². The van der Waals surface area contributed by atoms with Crippen LogP contribution in [0.15, 0.2) is 0 Å². The van der Waals surface area contributed by atoms with Crippen LogP contribution in [0.25, 0.3) is 0 Å². The molecule has 2 nitrogen and oxygen atoms in total. The van der Waals surface area contributed by atoms with Crippen molar-refractivity contribution in [1.29, 1.82) is 0 Å². The van der Waals surface area contributed by atoms with Gasteiger partial charge in [0.05, 0.1) is 0 Å². The molecule has 0 spiro atoms. The van der Waals surface area contributed by atoms with E-state index >= 15 is 0 Å². The number of hydrogen-bond acceptors (Lipinski definition) is 3. The average molecular weight is 205 g/mol. The molecule has 0 amide bonds. The lowest BCUT2D eigenvalue weighted by Gasteiger charge is -2.24. The number of nitrogens with zero attached hydrogens (tertiary/aromatic N) is 1.